The van der Waals surface area contributed by atoms with E-state index in [1.54, 1.807) is 49.3 Å². The van der Waals surface area contributed by atoms with Crippen molar-refractivity contribution in [3.05, 3.63) is 63.2 Å². The third-order valence-corrected chi connectivity index (χ3v) is 4.44. The Balaban J connectivity index is 2.03. The molecule has 0 radical (unpaired) electrons. The summed E-state index contributed by atoms with van der Waals surface area (Å²) in [6, 6.07) is 3.49. The van der Waals surface area contributed by atoms with Gasteiger partial charge < -0.3 is 4.98 Å². The van der Waals surface area contributed by atoms with Crippen molar-refractivity contribution in [2.24, 2.45) is 4.99 Å². The number of aromatic nitrogens is 4. The maximum absolute atomic E-state index is 14.0. The van der Waals surface area contributed by atoms with E-state index in [1.807, 2.05) is 0 Å². The topological polar surface area (TPSA) is 68.0 Å². The molecule has 4 rings (SSSR count). The molecule has 0 fully saturated rings. The molecule has 25 heavy (non-hydrogen) atoms. The van der Waals surface area contributed by atoms with Gasteiger partial charge in [0.1, 0.15) is 5.82 Å². The summed E-state index contributed by atoms with van der Waals surface area (Å²) in [5, 5.41) is 4.72. The summed E-state index contributed by atoms with van der Waals surface area (Å²) in [6.07, 6.45) is 6.72. The molecule has 2 aromatic heterocycles. The van der Waals surface area contributed by atoms with E-state index in [4.69, 9.17) is 5.10 Å². The molecular formula is C18H18FN5O. The number of imidazole rings is 1. The quantitative estimate of drug-likeness (QED) is 0.779. The Labute approximate surface area is 143 Å². The van der Waals surface area contributed by atoms with Gasteiger partial charge in [-0.3, -0.25) is 9.56 Å². The Morgan fingerprint density at radius 3 is 2.68 bits per heavy atom. The Bertz CT molecular complexity index is 1020. The van der Waals surface area contributed by atoms with Crippen LogP contribution < -0.4 is 5.69 Å². The number of benzene rings is 1. The molecule has 1 N–H and O–H groups in total. The zero-order chi connectivity index (χ0) is 17.6. The van der Waals surface area contributed by atoms with Crippen LogP contribution in [0.1, 0.15) is 28.8 Å². The molecule has 0 spiro atoms. The predicted octanol–water partition coefficient (Wildman–Crippen LogP) is 2.47. The van der Waals surface area contributed by atoms with E-state index in [0.29, 0.717) is 16.9 Å². The van der Waals surface area contributed by atoms with Crippen LogP contribution in [0.3, 0.4) is 0 Å². The van der Waals surface area contributed by atoms with Crippen LogP contribution in [-0.4, -0.2) is 32.1 Å². The highest BCUT2D eigenvalue weighted by Crippen LogP contribution is 2.25. The zero-order valence-corrected chi connectivity index (χ0v) is 14.1. The lowest BCUT2D eigenvalue weighted by Crippen LogP contribution is -2.19. The second-order valence-corrected chi connectivity index (χ2v) is 6.26. The lowest BCUT2D eigenvalue weighted by molar-refractivity contribution is 0.608. The van der Waals surface area contributed by atoms with Crippen molar-refractivity contribution in [1.29, 1.82) is 0 Å². The third kappa shape index (κ3) is 2.52. The second-order valence-electron chi connectivity index (χ2n) is 6.26. The van der Waals surface area contributed by atoms with Gasteiger partial charge in [0.2, 0.25) is 0 Å². The number of fused-ring (bicyclic) bond motifs is 1. The van der Waals surface area contributed by atoms with Crippen molar-refractivity contribution in [2.45, 2.75) is 26.7 Å². The smallest absolute Gasteiger partial charge is 0.312 e. The van der Waals surface area contributed by atoms with Gasteiger partial charge in [-0.1, -0.05) is 0 Å². The summed E-state index contributed by atoms with van der Waals surface area (Å²) in [5.41, 5.74) is 3.28. The lowest BCUT2D eigenvalue weighted by Gasteiger charge is -2.11. The number of nitrogens with zero attached hydrogens (tertiary/aromatic N) is 4. The average molecular weight is 339 g/mol. The summed E-state index contributed by atoms with van der Waals surface area (Å²) in [7, 11) is 0. The highest BCUT2D eigenvalue weighted by molar-refractivity contribution is 5.86. The minimum atomic E-state index is -0.253. The average Bonchev–Trinajstić information content (AvgIpc) is 3.07. The molecule has 1 aliphatic rings. The van der Waals surface area contributed by atoms with Crippen LogP contribution in [0.15, 0.2) is 34.3 Å². The first-order chi connectivity index (χ1) is 12.1. The van der Waals surface area contributed by atoms with Crippen LogP contribution in [0.5, 0.6) is 0 Å². The van der Waals surface area contributed by atoms with Gasteiger partial charge in [-0.15, -0.1) is 0 Å². The van der Waals surface area contributed by atoms with Gasteiger partial charge >= 0.3 is 5.69 Å². The lowest BCUT2D eigenvalue weighted by atomic mass is 10.1. The molecule has 0 amide bonds. The van der Waals surface area contributed by atoms with Crippen molar-refractivity contribution in [1.82, 2.24) is 19.3 Å². The third-order valence-electron chi connectivity index (χ3n) is 4.44. The fraction of sp³-hybridized carbons (Fsp3) is 0.278. The number of aromatic amines is 1. The summed E-state index contributed by atoms with van der Waals surface area (Å²) >= 11 is 0. The molecule has 1 aliphatic heterocycles. The molecule has 0 unspecified atom stereocenters. The standard InChI is InChI=1S/C18H18FN5O/c1-11-8-13(9-12(2)16(11)19)24-17(23-7-6-21-18(23)25)14-10-20-5-3-4-15(14)22-24/h6-10H,3-5H2,1-2H3,(H,21,25). The molecule has 128 valence electrons. The number of aliphatic imine (C=N–C) groups is 1. The monoisotopic (exact) mass is 339 g/mol. The highest BCUT2D eigenvalue weighted by atomic mass is 19.1. The van der Waals surface area contributed by atoms with Gasteiger partial charge in [-0.2, -0.15) is 5.10 Å². The normalized spacial score (nSPS) is 13.7. The van der Waals surface area contributed by atoms with Gasteiger partial charge in [-0.05, 0) is 49.9 Å². The molecule has 3 aromatic rings. The summed E-state index contributed by atoms with van der Waals surface area (Å²) < 4.78 is 17.3. The van der Waals surface area contributed by atoms with Crippen molar-refractivity contribution in [2.75, 3.05) is 6.54 Å². The molecule has 1 aromatic carbocycles. The Hall–Kier alpha value is -2.96. The van der Waals surface area contributed by atoms with E-state index in [-0.39, 0.29) is 11.5 Å². The molecule has 6 nitrogen and oxygen atoms in total. The molecule has 0 bridgehead atoms. The van der Waals surface area contributed by atoms with E-state index in [1.165, 1.54) is 4.57 Å². The fourth-order valence-corrected chi connectivity index (χ4v) is 3.22. The fourth-order valence-electron chi connectivity index (χ4n) is 3.22. The molecule has 0 atom stereocenters. The van der Waals surface area contributed by atoms with Crippen molar-refractivity contribution in [3.8, 4) is 11.5 Å². The minimum Gasteiger partial charge on any atom is -0.312 e. The van der Waals surface area contributed by atoms with Gasteiger partial charge in [-0.25, -0.2) is 13.9 Å². The largest absolute Gasteiger partial charge is 0.331 e. The van der Waals surface area contributed by atoms with Crippen LogP contribution in [0.25, 0.3) is 11.5 Å². The van der Waals surface area contributed by atoms with E-state index >= 15 is 0 Å². The zero-order valence-electron chi connectivity index (χ0n) is 14.1. The molecule has 0 aliphatic carbocycles. The maximum atomic E-state index is 14.0. The number of H-pyrrole nitrogens is 1. The van der Waals surface area contributed by atoms with Crippen molar-refractivity contribution < 1.29 is 4.39 Å². The summed E-state index contributed by atoms with van der Waals surface area (Å²) in [5.74, 6) is 0.400. The molecule has 7 heteroatoms. The number of hydrogen-bond acceptors (Lipinski definition) is 3. The van der Waals surface area contributed by atoms with Crippen LogP contribution in [0.4, 0.5) is 4.39 Å². The molecule has 3 heterocycles. The molecule has 0 saturated carbocycles. The first-order valence-corrected chi connectivity index (χ1v) is 8.21. The SMILES string of the molecule is Cc1cc(-n2nc3c(c2-n2cc[nH]c2=O)C=NCCC3)cc(C)c1F. The van der Waals surface area contributed by atoms with E-state index in [9.17, 15) is 9.18 Å². The van der Waals surface area contributed by atoms with Gasteiger partial charge in [0.25, 0.3) is 0 Å². The van der Waals surface area contributed by atoms with Gasteiger partial charge in [0.05, 0.1) is 16.9 Å². The van der Waals surface area contributed by atoms with Crippen LogP contribution in [0.2, 0.25) is 0 Å². The van der Waals surface area contributed by atoms with Crippen molar-refractivity contribution >= 4 is 6.21 Å². The Morgan fingerprint density at radius 2 is 2.00 bits per heavy atom. The predicted molar refractivity (Wildman–Crippen MR) is 93.7 cm³/mol. The van der Waals surface area contributed by atoms with Crippen molar-refractivity contribution in [3.63, 3.8) is 0 Å². The summed E-state index contributed by atoms with van der Waals surface area (Å²) in [6.45, 7) is 4.19. The first-order valence-electron chi connectivity index (χ1n) is 8.21. The molecule has 0 saturated heterocycles. The number of rotatable bonds is 2. The van der Waals surface area contributed by atoms with E-state index in [0.717, 1.165) is 36.3 Å². The van der Waals surface area contributed by atoms with Crippen LogP contribution in [0, 0.1) is 19.7 Å². The number of hydrogen-bond donors (Lipinski definition) is 1. The number of nitrogens with one attached hydrogen (secondary N) is 1. The number of aryl methyl sites for hydroxylation is 3. The maximum Gasteiger partial charge on any atom is 0.331 e. The Kier molecular flexibility index (Phi) is 3.63. The van der Waals surface area contributed by atoms with E-state index < -0.39 is 0 Å². The number of halogens is 1. The Morgan fingerprint density at radius 1 is 1.24 bits per heavy atom. The molecular weight excluding hydrogens is 321 g/mol. The summed E-state index contributed by atoms with van der Waals surface area (Å²) in [4.78, 5) is 19.3. The second kappa shape index (κ2) is 5.84. The minimum absolute atomic E-state index is 0.223. The first kappa shape index (κ1) is 15.6. The van der Waals surface area contributed by atoms with Crippen LogP contribution >= 0.6 is 0 Å². The van der Waals surface area contributed by atoms with Crippen LogP contribution in [-0.2, 0) is 6.42 Å². The van der Waals surface area contributed by atoms with Gasteiger partial charge in [0.15, 0.2) is 5.82 Å². The highest BCUT2D eigenvalue weighted by Gasteiger charge is 2.22. The van der Waals surface area contributed by atoms with Gasteiger partial charge in [0, 0.05) is 25.2 Å². The van der Waals surface area contributed by atoms with E-state index in [2.05, 4.69) is 9.98 Å².